The SMILES string of the molecule is CCNC(=NCc1ccc(Cn2ccnc2)cc1)NCCCCOCC. The summed E-state index contributed by atoms with van der Waals surface area (Å²) in [5.41, 5.74) is 2.46. The molecule has 0 aliphatic heterocycles. The number of aliphatic imine (C=N–C) groups is 1. The number of rotatable bonds is 11. The van der Waals surface area contributed by atoms with Gasteiger partial charge in [0.2, 0.25) is 0 Å². The normalized spacial score (nSPS) is 11.5. The van der Waals surface area contributed by atoms with Gasteiger partial charge in [-0.15, -0.1) is 0 Å². The van der Waals surface area contributed by atoms with Crippen LogP contribution >= 0.6 is 0 Å². The summed E-state index contributed by atoms with van der Waals surface area (Å²) in [6, 6.07) is 8.58. The summed E-state index contributed by atoms with van der Waals surface area (Å²) in [7, 11) is 0. The Bertz CT molecular complexity index is 622. The van der Waals surface area contributed by atoms with Crippen LogP contribution in [0, 0.1) is 0 Å². The highest BCUT2D eigenvalue weighted by atomic mass is 16.5. The fraction of sp³-hybridized carbons (Fsp3) is 0.500. The molecule has 6 heteroatoms. The van der Waals surface area contributed by atoms with Crippen molar-refractivity contribution >= 4 is 5.96 Å². The number of hydrogen-bond acceptors (Lipinski definition) is 3. The van der Waals surface area contributed by atoms with Crippen molar-refractivity contribution in [3.05, 3.63) is 54.1 Å². The molecule has 2 rings (SSSR count). The van der Waals surface area contributed by atoms with Gasteiger partial charge in [0.25, 0.3) is 0 Å². The van der Waals surface area contributed by atoms with Crippen molar-refractivity contribution in [3.63, 3.8) is 0 Å². The molecule has 0 unspecified atom stereocenters. The molecular formula is C20H31N5O. The molecule has 6 nitrogen and oxygen atoms in total. The second-order valence-electron chi connectivity index (χ2n) is 6.08. The molecule has 0 aliphatic carbocycles. The van der Waals surface area contributed by atoms with E-state index in [4.69, 9.17) is 4.74 Å². The Morgan fingerprint density at radius 1 is 1.12 bits per heavy atom. The first-order valence-electron chi connectivity index (χ1n) is 9.45. The molecule has 26 heavy (non-hydrogen) atoms. The topological polar surface area (TPSA) is 63.5 Å². The molecule has 0 amide bonds. The molecule has 1 aromatic heterocycles. The maximum absolute atomic E-state index is 5.36. The van der Waals surface area contributed by atoms with Crippen LogP contribution in [0.25, 0.3) is 0 Å². The highest BCUT2D eigenvalue weighted by Gasteiger charge is 1.99. The molecular weight excluding hydrogens is 326 g/mol. The summed E-state index contributed by atoms with van der Waals surface area (Å²) in [6.07, 6.45) is 7.75. The highest BCUT2D eigenvalue weighted by molar-refractivity contribution is 5.79. The minimum absolute atomic E-state index is 0.666. The third-order valence-electron chi connectivity index (χ3n) is 3.92. The van der Waals surface area contributed by atoms with Crippen LogP contribution in [0.5, 0.6) is 0 Å². The van der Waals surface area contributed by atoms with Crippen molar-refractivity contribution in [1.29, 1.82) is 0 Å². The molecule has 0 atom stereocenters. The highest BCUT2D eigenvalue weighted by Crippen LogP contribution is 2.07. The van der Waals surface area contributed by atoms with Crippen LogP contribution in [0.3, 0.4) is 0 Å². The Morgan fingerprint density at radius 2 is 1.92 bits per heavy atom. The Kier molecular flexibility index (Phi) is 9.29. The Morgan fingerprint density at radius 3 is 2.62 bits per heavy atom. The predicted molar refractivity (Wildman–Crippen MR) is 106 cm³/mol. The van der Waals surface area contributed by atoms with Gasteiger partial charge in [0.1, 0.15) is 0 Å². The number of nitrogens with one attached hydrogen (secondary N) is 2. The summed E-state index contributed by atoms with van der Waals surface area (Å²) in [6.45, 7) is 9.00. The van der Waals surface area contributed by atoms with Crippen LogP contribution in [-0.2, 0) is 17.8 Å². The van der Waals surface area contributed by atoms with E-state index >= 15 is 0 Å². The number of aromatic nitrogens is 2. The zero-order valence-corrected chi connectivity index (χ0v) is 15.9. The number of guanidine groups is 1. The van der Waals surface area contributed by atoms with Gasteiger partial charge < -0.3 is 19.9 Å². The van der Waals surface area contributed by atoms with Crippen molar-refractivity contribution in [3.8, 4) is 0 Å². The smallest absolute Gasteiger partial charge is 0.191 e. The largest absolute Gasteiger partial charge is 0.382 e. The van der Waals surface area contributed by atoms with E-state index in [0.29, 0.717) is 6.54 Å². The molecule has 0 bridgehead atoms. The van der Waals surface area contributed by atoms with E-state index in [0.717, 1.165) is 51.6 Å². The van der Waals surface area contributed by atoms with E-state index in [1.54, 1.807) is 6.20 Å². The van der Waals surface area contributed by atoms with Gasteiger partial charge in [-0.1, -0.05) is 24.3 Å². The summed E-state index contributed by atoms with van der Waals surface area (Å²) in [4.78, 5) is 8.74. The van der Waals surface area contributed by atoms with E-state index in [1.165, 1.54) is 11.1 Å². The molecule has 1 aromatic carbocycles. The van der Waals surface area contributed by atoms with E-state index in [-0.39, 0.29) is 0 Å². The average Bonchev–Trinajstić information content (AvgIpc) is 3.16. The Hall–Kier alpha value is -2.34. The fourth-order valence-electron chi connectivity index (χ4n) is 2.53. The van der Waals surface area contributed by atoms with E-state index in [1.807, 2.05) is 19.4 Å². The Labute approximate surface area is 156 Å². The molecule has 1 heterocycles. The fourth-order valence-corrected chi connectivity index (χ4v) is 2.53. The summed E-state index contributed by atoms with van der Waals surface area (Å²) >= 11 is 0. The molecule has 0 radical (unpaired) electrons. The maximum Gasteiger partial charge on any atom is 0.191 e. The van der Waals surface area contributed by atoms with Crippen LogP contribution in [0.1, 0.15) is 37.8 Å². The van der Waals surface area contributed by atoms with Gasteiger partial charge in [0, 0.05) is 45.2 Å². The van der Waals surface area contributed by atoms with Crippen molar-refractivity contribution < 1.29 is 4.74 Å². The number of hydrogen-bond donors (Lipinski definition) is 2. The molecule has 2 aromatic rings. The molecule has 0 aliphatic rings. The lowest BCUT2D eigenvalue weighted by Crippen LogP contribution is -2.37. The van der Waals surface area contributed by atoms with Crippen LogP contribution in [0.15, 0.2) is 48.0 Å². The zero-order chi connectivity index (χ0) is 18.5. The average molecular weight is 358 g/mol. The summed E-state index contributed by atoms with van der Waals surface area (Å²) in [5, 5.41) is 6.68. The van der Waals surface area contributed by atoms with Gasteiger partial charge in [-0.2, -0.15) is 0 Å². The molecule has 0 saturated carbocycles. The molecule has 0 saturated heterocycles. The van der Waals surface area contributed by atoms with Crippen LogP contribution < -0.4 is 10.6 Å². The van der Waals surface area contributed by atoms with E-state index in [9.17, 15) is 0 Å². The van der Waals surface area contributed by atoms with Crippen molar-refractivity contribution in [1.82, 2.24) is 20.2 Å². The minimum atomic E-state index is 0.666. The standard InChI is InChI=1S/C20H31N5O/c1-3-22-20(23-11-5-6-14-26-4-2)24-15-18-7-9-19(10-8-18)16-25-13-12-21-17-25/h7-10,12-13,17H,3-6,11,14-16H2,1-2H3,(H2,22,23,24). The molecule has 2 N–H and O–H groups in total. The second-order valence-corrected chi connectivity index (χ2v) is 6.08. The summed E-state index contributed by atoms with van der Waals surface area (Å²) < 4.78 is 7.42. The van der Waals surface area contributed by atoms with Gasteiger partial charge in [0.15, 0.2) is 5.96 Å². The first-order chi connectivity index (χ1) is 12.8. The molecule has 0 fully saturated rings. The quantitative estimate of drug-likeness (QED) is 0.369. The maximum atomic E-state index is 5.36. The van der Waals surface area contributed by atoms with Crippen LogP contribution in [-0.4, -0.2) is 41.8 Å². The number of ether oxygens (including phenoxy) is 1. The minimum Gasteiger partial charge on any atom is -0.382 e. The third kappa shape index (κ3) is 7.70. The third-order valence-corrected chi connectivity index (χ3v) is 3.92. The van der Waals surface area contributed by atoms with Gasteiger partial charge in [-0.05, 0) is 37.8 Å². The second kappa shape index (κ2) is 12.1. The van der Waals surface area contributed by atoms with Gasteiger partial charge in [-0.25, -0.2) is 9.98 Å². The molecule has 142 valence electrons. The van der Waals surface area contributed by atoms with Gasteiger partial charge in [-0.3, -0.25) is 0 Å². The van der Waals surface area contributed by atoms with Crippen molar-refractivity contribution in [2.75, 3.05) is 26.3 Å². The number of imidazole rings is 1. The number of nitrogens with zero attached hydrogens (tertiary/aromatic N) is 3. The number of unbranched alkanes of at least 4 members (excludes halogenated alkanes) is 1. The lowest BCUT2D eigenvalue weighted by molar-refractivity contribution is 0.143. The zero-order valence-electron chi connectivity index (χ0n) is 15.9. The Balaban J connectivity index is 1.78. The van der Waals surface area contributed by atoms with Gasteiger partial charge in [0.05, 0.1) is 12.9 Å². The lowest BCUT2D eigenvalue weighted by atomic mass is 10.1. The lowest BCUT2D eigenvalue weighted by Gasteiger charge is -2.11. The van der Waals surface area contributed by atoms with Crippen molar-refractivity contribution in [2.24, 2.45) is 4.99 Å². The number of benzene rings is 1. The van der Waals surface area contributed by atoms with Gasteiger partial charge >= 0.3 is 0 Å². The summed E-state index contributed by atoms with van der Waals surface area (Å²) in [5.74, 6) is 0.867. The van der Waals surface area contributed by atoms with Crippen LogP contribution in [0.2, 0.25) is 0 Å². The monoisotopic (exact) mass is 357 g/mol. The first kappa shape index (κ1) is 20.0. The van der Waals surface area contributed by atoms with E-state index < -0.39 is 0 Å². The predicted octanol–water partition coefficient (Wildman–Crippen LogP) is 2.80. The van der Waals surface area contributed by atoms with Crippen LogP contribution in [0.4, 0.5) is 0 Å². The van der Waals surface area contributed by atoms with Crippen molar-refractivity contribution in [2.45, 2.75) is 39.8 Å². The molecule has 0 spiro atoms. The van der Waals surface area contributed by atoms with E-state index in [2.05, 4.69) is 56.4 Å². The first-order valence-corrected chi connectivity index (χ1v) is 9.45.